The fourth-order valence-corrected chi connectivity index (χ4v) is 5.92. The number of methoxy groups -OCH3 is 1. The number of aliphatic hydroxyl groups is 1. The summed E-state index contributed by atoms with van der Waals surface area (Å²) >= 11 is 6.57. The number of rotatable bonds is 6. The quantitative estimate of drug-likeness (QED) is 0.242. The van der Waals surface area contributed by atoms with Crippen molar-refractivity contribution in [2.24, 2.45) is 0 Å². The third-order valence-corrected chi connectivity index (χ3v) is 7.76. The van der Waals surface area contributed by atoms with Gasteiger partial charge >= 0.3 is 0 Å². The molecule has 0 saturated heterocycles. The van der Waals surface area contributed by atoms with Crippen molar-refractivity contribution in [2.75, 3.05) is 12.0 Å². The number of ether oxygens (including phenoxy) is 1. The molecule has 1 amide bonds. The largest absolute Gasteiger partial charge is 0.497 e. The van der Waals surface area contributed by atoms with Crippen LogP contribution in [-0.4, -0.2) is 18.1 Å². The molecule has 1 atom stereocenters. The predicted octanol–water partition coefficient (Wildman–Crippen LogP) is 6.92. The number of hydrogen-bond acceptors (Lipinski definition) is 3. The van der Waals surface area contributed by atoms with Crippen molar-refractivity contribution in [3.8, 4) is 5.75 Å². The molecule has 0 spiro atoms. The molecule has 1 aliphatic heterocycles. The van der Waals surface area contributed by atoms with Crippen LogP contribution in [0, 0.1) is 0 Å². The Hall–Kier alpha value is -4.38. The Balaban J connectivity index is 1.72. The number of fused-ring (bicyclic) bond motifs is 1. The first-order valence-corrected chi connectivity index (χ1v) is 13.1. The van der Waals surface area contributed by atoms with Crippen LogP contribution in [0.4, 0.5) is 5.69 Å². The topological polar surface area (TPSA) is 49.8 Å². The zero-order valence-corrected chi connectivity index (χ0v) is 22.0. The van der Waals surface area contributed by atoms with E-state index < -0.39 is 17.0 Å². The van der Waals surface area contributed by atoms with Gasteiger partial charge < -0.3 is 9.84 Å². The van der Waals surface area contributed by atoms with Gasteiger partial charge in [0.2, 0.25) is 0 Å². The molecule has 0 aromatic heterocycles. The van der Waals surface area contributed by atoms with Crippen LogP contribution in [0.3, 0.4) is 0 Å². The number of carbonyl (C=O) groups excluding carboxylic acids is 1. The lowest BCUT2D eigenvalue weighted by Crippen LogP contribution is -2.53. The first-order valence-electron chi connectivity index (χ1n) is 12.7. The van der Waals surface area contributed by atoms with Crippen molar-refractivity contribution in [2.45, 2.75) is 11.1 Å². The third-order valence-electron chi connectivity index (χ3n) is 7.52. The van der Waals surface area contributed by atoms with Gasteiger partial charge in [-0.05, 0) is 46.5 Å². The Kier molecular flexibility index (Phi) is 6.22. The van der Waals surface area contributed by atoms with E-state index in [1.54, 1.807) is 54.5 Å². The Morgan fingerprint density at radius 2 is 1.21 bits per heavy atom. The summed E-state index contributed by atoms with van der Waals surface area (Å²) in [5.74, 6) is 0.162. The number of carbonyl (C=O) groups is 1. The van der Waals surface area contributed by atoms with Crippen molar-refractivity contribution < 1.29 is 14.6 Å². The van der Waals surface area contributed by atoms with Crippen molar-refractivity contribution >= 4 is 23.2 Å². The smallest absolute Gasteiger partial charge is 0.269 e. The molecule has 5 aromatic rings. The van der Waals surface area contributed by atoms with Crippen LogP contribution in [-0.2, 0) is 15.9 Å². The molecule has 5 aromatic carbocycles. The summed E-state index contributed by atoms with van der Waals surface area (Å²) in [5, 5.41) is 12.9. The van der Waals surface area contributed by atoms with Crippen molar-refractivity contribution in [1.29, 1.82) is 0 Å². The molecular formula is C34H26ClNO3. The molecule has 0 bridgehead atoms. The Labute approximate surface area is 232 Å². The molecular weight excluding hydrogens is 506 g/mol. The molecule has 4 nitrogen and oxygen atoms in total. The SMILES string of the molecule is COc1ccc(C2(O)C(=O)N(C(c3ccccc3)(c3ccccc3)c3ccccc3)c3cc(Cl)ccc32)cc1. The number of anilines is 1. The second-order valence-electron chi connectivity index (χ2n) is 9.55. The van der Waals surface area contributed by atoms with Gasteiger partial charge in [-0.25, -0.2) is 0 Å². The highest BCUT2D eigenvalue weighted by atomic mass is 35.5. The Morgan fingerprint density at radius 1 is 0.718 bits per heavy atom. The highest BCUT2D eigenvalue weighted by Crippen LogP contribution is 2.54. The van der Waals surface area contributed by atoms with Crippen LogP contribution < -0.4 is 9.64 Å². The van der Waals surface area contributed by atoms with Gasteiger partial charge in [0.05, 0.1) is 12.8 Å². The van der Waals surface area contributed by atoms with E-state index in [2.05, 4.69) is 0 Å². The van der Waals surface area contributed by atoms with Crippen LogP contribution >= 0.6 is 11.6 Å². The maximum atomic E-state index is 14.9. The Morgan fingerprint density at radius 3 is 1.67 bits per heavy atom. The molecule has 0 saturated carbocycles. The minimum absolute atomic E-state index is 0.447. The van der Waals surface area contributed by atoms with E-state index in [0.717, 1.165) is 16.7 Å². The van der Waals surface area contributed by atoms with E-state index in [1.807, 2.05) is 91.0 Å². The summed E-state index contributed by atoms with van der Waals surface area (Å²) in [5.41, 5.74) is 1.02. The van der Waals surface area contributed by atoms with E-state index in [9.17, 15) is 9.90 Å². The molecule has 5 heteroatoms. The summed E-state index contributed by atoms with van der Waals surface area (Å²) in [6.45, 7) is 0. The van der Waals surface area contributed by atoms with E-state index in [4.69, 9.17) is 16.3 Å². The molecule has 192 valence electrons. The van der Waals surface area contributed by atoms with E-state index in [0.29, 0.717) is 27.6 Å². The van der Waals surface area contributed by atoms with Crippen LogP contribution in [0.15, 0.2) is 133 Å². The summed E-state index contributed by atoms with van der Waals surface area (Å²) < 4.78 is 5.33. The highest BCUT2D eigenvalue weighted by Gasteiger charge is 2.58. The number of hydrogen-bond donors (Lipinski definition) is 1. The van der Waals surface area contributed by atoms with Gasteiger partial charge in [0.15, 0.2) is 5.60 Å². The van der Waals surface area contributed by atoms with Gasteiger partial charge in [0.1, 0.15) is 11.3 Å². The zero-order chi connectivity index (χ0) is 27.0. The van der Waals surface area contributed by atoms with Crippen LogP contribution in [0.1, 0.15) is 27.8 Å². The average Bonchev–Trinajstić information content (AvgIpc) is 3.22. The normalized spacial score (nSPS) is 16.7. The summed E-state index contributed by atoms with van der Waals surface area (Å²) in [6.07, 6.45) is 0. The standard InChI is InChI=1S/C34H26ClNO3/c1-39-29-20-17-27(18-21-29)34(38)30-22-19-28(35)23-31(30)36(32(34)37)33(24-11-5-2-6-12-24,25-13-7-3-8-14-25)26-15-9-4-10-16-26/h2-23,38H,1H3. The third kappa shape index (κ3) is 3.75. The van der Waals surface area contributed by atoms with Crippen molar-refractivity contribution in [3.05, 3.63) is 166 Å². The van der Waals surface area contributed by atoms with E-state index >= 15 is 0 Å². The van der Waals surface area contributed by atoms with Crippen molar-refractivity contribution in [1.82, 2.24) is 0 Å². The lowest BCUT2D eigenvalue weighted by molar-refractivity contribution is -0.133. The maximum absolute atomic E-state index is 14.9. The molecule has 0 radical (unpaired) electrons. The number of benzene rings is 5. The first-order chi connectivity index (χ1) is 19.0. The van der Waals surface area contributed by atoms with Crippen LogP contribution in [0.2, 0.25) is 5.02 Å². The minimum atomic E-state index is -1.95. The molecule has 0 fully saturated rings. The van der Waals surface area contributed by atoms with Crippen molar-refractivity contribution in [3.63, 3.8) is 0 Å². The molecule has 1 aliphatic rings. The molecule has 1 unspecified atom stereocenters. The van der Waals surface area contributed by atoms with E-state index in [1.165, 1.54) is 0 Å². The van der Waals surface area contributed by atoms with Gasteiger partial charge in [0.25, 0.3) is 5.91 Å². The maximum Gasteiger partial charge on any atom is 0.269 e. The van der Waals surface area contributed by atoms with Crippen LogP contribution in [0.5, 0.6) is 5.75 Å². The summed E-state index contributed by atoms with van der Waals surface area (Å²) in [7, 11) is 1.58. The molecule has 6 rings (SSSR count). The predicted molar refractivity (Wildman–Crippen MR) is 154 cm³/mol. The fourth-order valence-electron chi connectivity index (χ4n) is 5.75. The van der Waals surface area contributed by atoms with Gasteiger partial charge in [-0.3, -0.25) is 9.69 Å². The van der Waals surface area contributed by atoms with E-state index in [-0.39, 0.29) is 0 Å². The van der Waals surface area contributed by atoms with Gasteiger partial charge in [0, 0.05) is 10.6 Å². The summed E-state index contributed by atoms with van der Waals surface area (Å²) in [6, 6.07) is 41.9. The summed E-state index contributed by atoms with van der Waals surface area (Å²) in [4.78, 5) is 16.6. The molecule has 1 heterocycles. The number of amides is 1. The monoisotopic (exact) mass is 531 g/mol. The van der Waals surface area contributed by atoms with Gasteiger partial charge in [-0.1, -0.05) is 121 Å². The lowest BCUT2D eigenvalue weighted by Gasteiger charge is -2.44. The van der Waals surface area contributed by atoms with Gasteiger partial charge in [-0.2, -0.15) is 0 Å². The van der Waals surface area contributed by atoms with Crippen LogP contribution in [0.25, 0.3) is 0 Å². The highest BCUT2D eigenvalue weighted by molar-refractivity contribution is 6.31. The lowest BCUT2D eigenvalue weighted by atomic mass is 9.75. The number of halogens is 1. The number of nitrogens with zero attached hydrogens (tertiary/aromatic N) is 1. The second-order valence-corrected chi connectivity index (χ2v) is 9.99. The molecule has 1 N–H and O–H groups in total. The molecule has 39 heavy (non-hydrogen) atoms. The zero-order valence-electron chi connectivity index (χ0n) is 21.3. The first kappa shape index (κ1) is 24.9. The minimum Gasteiger partial charge on any atom is -0.497 e. The fraction of sp³-hybridized carbons (Fsp3) is 0.0882. The Bertz CT molecular complexity index is 1530. The van der Waals surface area contributed by atoms with Gasteiger partial charge in [-0.15, -0.1) is 0 Å². The second kappa shape index (κ2) is 9.73. The average molecular weight is 532 g/mol. The molecule has 0 aliphatic carbocycles.